The van der Waals surface area contributed by atoms with E-state index in [0.29, 0.717) is 18.4 Å². The van der Waals surface area contributed by atoms with Gasteiger partial charge in [0.2, 0.25) is 5.91 Å². The average molecular weight is 332 g/mol. The minimum atomic E-state index is 0.336. The molecule has 134 valence electrons. The first kappa shape index (κ1) is 17.5. The second-order valence-electron chi connectivity index (χ2n) is 7.63. The number of imidazole rings is 1. The third-order valence-electron chi connectivity index (χ3n) is 5.78. The maximum Gasteiger partial charge on any atom is 0.236 e. The second-order valence-corrected chi connectivity index (χ2v) is 7.63. The van der Waals surface area contributed by atoms with Crippen LogP contribution < -0.4 is 0 Å². The van der Waals surface area contributed by atoms with E-state index in [4.69, 9.17) is 0 Å². The molecule has 5 heteroatoms. The van der Waals surface area contributed by atoms with E-state index in [1.165, 1.54) is 31.5 Å². The van der Waals surface area contributed by atoms with Crippen LogP contribution in [-0.4, -0.2) is 58.0 Å². The van der Waals surface area contributed by atoms with Crippen molar-refractivity contribution in [1.82, 2.24) is 19.4 Å². The van der Waals surface area contributed by atoms with Crippen LogP contribution in [0.15, 0.2) is 12.4 Å². The summed E-state index contributed by atoms with van der Waals surface area (Å²) in [6, 6.07) is 0. The van der Waals surface area contributed by atoms with Gasteiger partial charge in [0.1, 0.15) is 5.82 Å². The molecule has 1 aromatic rings. The number of likely N-dealkylation sites (tertiary alicyclic amines) is 2. The minimum absolute atomic E-state index is 0.336. The Hall–Kier alpha value is -1.36. The van der Waals surface area contributed by atoms with Gasteiger partial charge in [-0.25, -0.2) is 4.98 Å². The summed E-state index contributed by atoms with van der Waals surface area (Å²) in [6.07, 6.45) is 9.71. The van der Waals surface area contributed by atoms with Gasteiger partial charge in [-0.1, -0.05) is 13.8 Å². The van der Waals surface area contributed by atoms with Crippen LogP contribution in [0.4, 0.5) is 0 Å². The van der Waals surface area contributed by atoms with E-state index in [0.717, 1.165) is 45.1 Å². The molecule has 2 aliphatic rings. The number of hydrogen-bond acceptors (Lipinski definition) is 3. The topological polar surface area (TPSA) is 41.4 Å². The summed E-state index contributed by atoms with van der Waals surface area (Å²) in [5.41, 5.74) is 0. The molecule has 2 fully saturated rings. The summed E-state index contributed by atoms with van der Waals surface area (Å²) in [5.74, 6) is 3.02. The Morgan fingerprint density at radius 1 is 1.17 bits per heavy atom. The molecule has 3 rings (SSSR count). The van der Waals surface area contributed by atoms with Crippen molar-refractivity contribution in [3.05, 3.63) is 18.2 Å². The summed E-state index contributed by atoms with van der Waals surface area (Å²) < 4.78 is 2.31. The van der Waals surface area contributed by atoms with Gasteiger partial charge in [0, 0.05) is 38.4 Å². The molecule has 0 radical (unpaired) electrons. The molecule has 0 saturated carbocycles. The number of nitrogens with zero attached hydrogens (tertiary/aromatic N) is 4. The number of carbonyl (C=O) groups is 1. The van der Waals surface area contributed by atoms with E-state index in [1.807, 2.05) is 6.20 Å². The largest absolute Gasteiger partial charge is 0.342 e. The fourth-order valence-electron chi connectivity index (χ4n) is 3.98. The molecule has 0 unspecified atom stereocenters. The molecular formula is C19H32N4O. The highest BCUT2D eigenvalue weighted by Crippen LogP contribution is 2.21. The number of rotatable bonds is 5. The summed E-state index contributed by atoms with van der Waals surface area (Å²) in [4.78, 5) is 21.3. The van der Waals surface area contributed by atoms with E-state index in [2.05, 4.69) is 39.4 Å². The van der Waals surface area contributed by atoms with Gasteiger partial charge in [-0.2, -0.15) is 0 Å². The lowest BCUT2D eigenvalue weighted by Gasteiger charge is -2.35. The number of carbonyl (C=O) groups excluding carboxylic acids is 1. The van der Waals surface area contributed by atoms with Crippen LogP contribution in [0.2, 0.25) is 0 Å². The zero-order chi connectivity index (χ0) is 16.9. The zero-order valence-corrected chi connectivity index (χ0v) is 15.3. The highest BCUT2D eigenvalue weighted by molar-refractivity contribution is 5.78. The van der Waals surface area contributed by atoms with E-state index in [9.17, 15) is 4.79 Å². The minimum Gasteiger partial charge on any atom is -0.342 e. The third kappa shape index (κ3) is 4.38. The Kier molecular flexibility index (Phi) is 5.93. The lowest BCUT2D eigenvalue weighted by Crippen LogP contribution is -2.46. The Bertz CT molecular complexity index is 525. The SMILES string of the molecule is CCc1nccn1CC1CCN(CC(=O)N2CCC(C)CC2)CC1. The van der Waals surface area contributed by atoms with Crippen LogP contribution in [0.1, 0.15) is 45.4 Å². The number of aryl methyl sites for hydroxylation is 1. The third-order valence-corrected chi connectivity index (χ3v) is 5.78. The van der Waals surface area contributed by atoms with Crippen LogP contribution in [0, 0.1) is 11.8 Å². The normalized spacial score (nSPS) is 21.3. The molecule has 5 nitrogen and oxygen atoms in total. The van der Waals surface area contributed by atoms with E-state index < -0.39 is 0 Å². The van der Waals surface area contributed by atoms with Gasteiger partial charge in [0.25, 0.3) is 0 Å². The Labute approximate surface area is 146 Å². The van der Waals surface area contributed by atoms with E-state index >= 15 is 0 Å². The van der Waals surface area contributed by atoms with Crippen molar-refractivity contribution >= 4 is 5.91 Å². The van der Waals surface area contributed by atoms with Crippen molar-refractivity contribution in [3.8, 4) is 0 Å². The lowest BCUT2D eigenvalue weighted by molar-refractivity contribution is -0.134. The standard InChI is InChI=1S/C19H32N4O/c1-3-18-20-8-13-23(18)14-17-6-9-21(10-7-17)15-19(24)22-11-4-16(2)5-12-22/h8,13,16-17H,3-7,9-12,14-15H2,1-2H3. The Balaban J connectivity index is 1.41. The fourth-order valence-corrected chi connectivity index (χ4v) is 3.98. The summed E-state index contributed by atoms with van der Waals surface area (Å²) in [6.45, 7) is 10.2. The van der Waals surface area contributed by atoms with Crippen LogP contribution >= 0.6 is 0 Å². The zero-order valence-electron chi connectivity index (χ0n) is 15.3. The highest BCUT2D eigenvalue weighted by Gasteiger charge is 2.25. The van der Waals surface area contributed by atoms with Crippen molar-refractivity contribution in [1.29, 1.82) is 0 Å². The summed E-state index contributed by atoms with van der Waals surface area (Å²) in [7, 11) is 0. The first-order valence-electron chi connectivity index (χ1n) is 9.65. The summed E-state index contributed by atoms with van der Waals surface area (Å²) in [5, 5.41) is 0. The molecule has 0 spiro atoms. The van der Waals surface area contributed by atoms with Crippen LogP contribution in [0.3, 0.4) is 0 Å². The van der Waals surface area contributed by atoms with Crippen LogP contribution in [0.25, 0.3) is 0 Å². The number of hydrogen-bond donors (Lipinski definition) is 0. The molecule has 0 atom stereocenters. The van der Waals surface area contributed by atoms with Crippen molar-refractivity contribution in [3.63, 3.8) is 0 Å². The Morgan fingerprint density at radius 2 is 1.88 bits per heavy atom. The van der Waals surface area contributed by atoms with Gasteiger partial charge in [-0.15, -0.1) is 0 Å². The lowest BCUT2D eigenvalue weighted by atomic mass is 9.96. The fraction of sp³-hybridized carbons (Fsp3) is 0.789. The molecule has 1 aromatic heterocycles. The number of piperidine rings is 2. The van der Waals surface area contributed by atoms with Crippen molar-refractivity contribution in [2.75, 3.05) is 32.7 Å². The molecule has 2 aliphatic heterocycles. The highest BCUT2D eigenvalue weighted by atomic mass is 16.2. The van der Waals surface area contributed by atoms with E-state index in [1.54, 1.807) is 0 Å². The van der Waals surface area contributed by atoms with Gasteiger partial charge >= 0.3 is 0 Å². The van der Waals surface area contributed by atoms with Crippen molar-refractivity contribution < 1.29 is 4.79 Å². The number of aromatic nitrogens is 2. The van der Waals surface area contributed by atoms with Crippen LogP contribution in [-0.2, 0) is 17.8 Å². The average Bonchev–Trinajstić information content (AvgIpc) is 3.04. The summed E-state index contributed by atoms with van der Waals surface area (Å²) >= 11 is 0. The number of amides is 1. The smallest absolute Gasteiger partial charge is 0.236 e. The second kappa shape index (κ2) is 8.15. The molecule has 0 aromatic carbocycles. The Morgan fingerprint density at radius 3 is 2.54 bits per heavy atom. The van der Waals surface area contributed by atoms with Gasteiger partial charge in [0.05, 0.1) is 6.54 Å². The molecule has 2 saturated heterocycles. The van der Waals surface area contributed by atoms with Gasteiger partial charge in [0.15, 0.2) is 0 Å². The molecule has 24 heavy (non-hydrogen) atoms. The predicted octanol–water partition coefficient (Wildman–Crippen LogP) is 2.42. The van der Waals surface area contributed by atoms with Crippen LogP contribution in [0.5, 0.6) is 0 Å². The first-order chi connectivity index (χ1) is 11.7. The van der Waals surface area contributed by atoms with Gasteiger partial charge in [-0.05, 0) is 50.6 Å². The molecule has 0 aliphatic carbocycles. The predicted molar refractivity (Wildman–Crippen MR) is 95.7 cm³/mol. The molecule has 1 amide bonds. The van der Waals surface area contributed by atoms with Crippen molar-refractivity contribution in [2.24, 2.45) is 11.8 Å². The monoisotopic (exact) mass is 332 g/mol. The quantitative estimate of drug-likeness (QED) is 0.831. The molecule has 0 bridgehead atoms. The van der Waals surface area contributed by atoms with Crippen molar-refractivity contribution in [2.45, 2.75) is 52.5 Å². The molecule has 3 heterocycles. The molecular weight excluding hydrogens is 300 g/mol. The maximum atomic E-state index is 12.5. The van der Waals surface area contributed by atoms with Gasteiger partial charge in [-0.3, -0.25) is 9.69 Å². The first-order valence-corrected chi connectivity index (χ1v) is 9.65. The van der Waals surface area contributed by atoms with E-state index in [-0.39, 0.29) is 0 Å². The van der Waals surface area contributed by atoms with Gasteiger partial charge < -0.3 is 9.47 Å². The maximum absolute atomic E-state index is 12.5. The molecule has 0 N–H and O–H groups in total.